The van der Waals surface area contributed by atoms with Crippen LogP contribution >= 0.6 is 0 Å². The first kappa shape index (κ1) is 23.3. The second kappa shape index (κ2) is 10.4. The molecule has 174 valence electrons. The van der Waals surface area contributed by atoms with E-state index in [0.717, 1.165) is 24.3 Å². The number of nitriles is 1. The summed E-state index contributed by atoms with van der Waals surface area (Å²) >= 11 is 0. The zero-order valence-corrected chi connectivity index (χ0v) is 17.9. The zero-order chi connectivity index (χ0) is 24.8. The van der Waals surface area contributed by atoms with E-state index in [0.29, 0.717) is 11.1 Å². The van der Waals surface area contributed by atoms with E-state index in [1.165, 1.54) is 18.3 Å². The number of aromatic amines is 1. The highest BCUT2D eigenvalue weighted by molar-refractivity contribution is 5.84. The van der Waals surface area contributed by atoms with Crippen molar-refractivity contribution in [1.29, 1.82) is 5.26 Å². The van der Waals surface area contributed by atoms with Crippen molar-refractivity contribution in [3.8, 4) is 23.1 Å². The van der Waals surface area contributed by atoms with Crippen molar-refractivity contribution in [1.82, 2.24) is 9.97 Å². The summed E-state index contributed by atoms with van der Waals surface area (Å²) < 4.78 is 46.5. The molecule has 1 aromatic heterocycles. The molecule has 0 aliphatic rings. The highest BCUT2D eigenvalue weighted by atomic mass is 19.1. The Morgan fingerprint density at radius 2 is 1.80 bits per heavy atom. The van der Waals surface area contributed by atoms with Gasteiger partial charge in [0, 0.05) is 22.8 Å². The third-order valence-electron chi connectivity index (χ3n) is 4.82. The van der Waals surface area contributed by atoms with Crippen LogP contribution in [0.5, 0.6) is 5.75 Å². The SMILES string of the molecule is N#Cc1c(-c2ccccc2)nc(NN=Cc2ccc(F)cc2OCc2cc(F)ccc2F)[nH]c1=O. The summed E-state index contributed by atoms with van der Waals surface area (Å²) in [4.78, 5) is 19.0. The molecule has 0 radical (unpaired) electrons. The molecule has 1 heterocycles. The number of hydrogen-bond acceptors (Lipinski definition) is 6. The second-order valence-corrected chi connectivity index (χ2v) is 7.19. The number of halogens is 3. The number of benzene rings is 3. The van der Waals surface area contributed by atoms with Crippen LogP contribution in [0.1, 0.15) is 16.7 Å². The van der Waals surface area contributed by atoms with Crippen LogP contribution in [0.4, 0.5) is 19.1 Å². The quantitative estimate of drug-likeness (QED) is 0.297. The summed E-state index contributed by atoms with van der Waals surface area (Å²) in [5.41, 5.74) is 2.79. The maximum Gasteiger partial charge on any atom is 0.270 e. The first-order valence-electron chi connectivity index (χ1n) is 10.2. The van der Waals surface area contributed by atoms with Gasteiger partial charge in [-0.15, -0.1) is 0 Å². The molecule has 0 saturated carbocycles. The van der Waals surface area contributed by atoms with Gasteiger partial charge in [0.05, 0.1) is 11.9 Å². The molecule has 2 N–H and O–H groups in total. The monoisotopic (exact) mass is 475 g/mol. The fourth-order valence-corrected chi connectivity index (χ4v) is 3.15. The highest BCUT2D eigenvalue weighted by Gasteiger charge is 2.13. The van der Waals surface area contributed by atoms with Crippen molar-refractivity contribution >= 4 is 12.2 Å². The maximum atomic E-state index is 13.9. The van der Waals surface area contributed by atoms with Crippen LogP contribution < -0.4 is 15.7 Å². The lowest BCUT2D eigenvalue weighted by Crippen LogP contribution is -2.16. The lowest BCUT2D eigenvalue weighted by molar-refractivity contribution is 0.297. The van der Waals surface area contributed by atoms with Gasteiger partial charge in [-0.3, -0.25) is 9.78 Å². The summed E-state index contributed by atoms with van der Waals surface area (Å²) in [5.74, 6) is -1.89. The third kappa shape index (κ3) is 5.54. The van der Waals surface area contributed by atoms with Crippen LogP contribution in [-0.4, -0.2) is 16.2 Å². The standard InChI is InChI=1S/C25H16F3N5O2/c26-18-8-9-21(28)17(10-18)14-35-22-11-19(27)7-6-16(22)13-30-33-25-31-23(15-4-2-1-3-5-15)20(12-29)24(34)32-25/h1-11,13H,14H2,(H2,31,32,33,34). The molecule has 0 unspecified atom stereocenters. The van der Waals surface area contributed by atoms with Crippen molar-refractivity contribution in [2.75, 3.05) is 5.43 Å². The molecule has 0 bridgehead atoms. The molecule has 0 aliphatic heterocycles. The smallest absolute Gasteiger partial charge is 0.270 e. The Hall–Kier alpha value is -4.91. The molecular weight excluding hydrogens is 459 g/mol. The molecule has 0 atom stereocenters. The number of nitrogens with one attached hydrogen (secondary N) is 2. The molecule has 0 amide bonds. The Balaban J connectivity index is 1.56. The van der Waals surface area contributed by atoms with Crippen molar-refractivity contribution in [2.24, 2.45) is 5.10 Å². The lowest BCUT2D eigenvalue weighted by atomic mass is 10.1. The van der Waals surface area contributed by atoms with E-state index in [9.17, 15) is 23.2 Å². The zero-order valence-electron chi connectivity index (χ0n) is 17.9. The number of anilines is 1. The minimum absolute atomic E-state index is 0.0319. The van der Waals surface area contributed by atoms with Gasteiger partial charge in [-0.1, -0.05) is 30.3 Å². The Labute approximate surface area is 197 Å². The van der Waals surface area contributed by atoms with Crippen molar-refractivity contribution in [3.63, 3.8) is 0 Å². The number of hydrazone groups is 1. The normalized spacial score (nSPS) is 10.8. The topological polar surface area (TPSA) is 103 Å². The largest absolute Gasteiger partial charge is 0.488 e. The van der Waals surface area contributed by atoms with E-state index in [1.54, 1.807) is 30.3 Å². The van der Waals surface area contributed by atoms with Gasteiger partial charge in [-0.2, -0.15) is 10.4 Å². The summed E-state index contributed by atoms with van der Waals surface area (Å²) in [6.07, 6.45) is 1.27. The van der Waals surface area contributed by atoms with E-state index >= 15 is 0 Å². The second-order valence-electron chi connectivity index (χ2n) is 7.19. The first-order valence-corrected chi connectivity index (χ1v) is 10.2. The van der Waals surface area contributed by atoms with Crippen LogP contribution in [0.3, 0.4) is 0 Å². The number of nitrogens with zero attached hydrogens (tertiary/aromatic N) is 3. The molecule has 35 heavy (non-hydrogen) atoms. The van der Waals surface area contributed by atoms with Crippen LogP contribution in [-0.2, 0) is 6.61 Å². The number of hydrogen-bond donors (Lipinski definition) is 2. The molecule has 0 spiro atoms. The predicted octanol–water partition coefficient (Wildman–Crippen LogP) is 4.75. The van der Waals surface area contributed by atoms with Gasteiger partial charge >= 0.3 is 0 Å². The number of aromatic nitrogens is 2. The fraction of sp³-hybridized carbons (Fsp3) is 0.0400. The lowest BCUT2D eigenvalue weighted by Gasteiger charge is -2.10. The number of H-pyrrole nitrogens is 1. The minimum atomic E-state index is -0.662. The summed E-state index contributed by atoms with van der Waals surface area (Å²) in [5, 5.41) is 13.3. The number of ether oxygens (including phenoxy) is 1. The summed E-state index contributed by atoms with van der Waals surface area (Å²) in [6, 6.07) is 17.1. The van der Waals surface area contributed by atoms with E-state index in [1.807, 2.05) is 6.07 Å². The van der Waals surface area contributed by atoms with Gasteiger partial charge < -0.3 is 4.74 Å². The average molecular weight is 475 g/mol. The van der Waals surface area contributed by atoms with E-state index in [2.05, 4.69) is 20.5 Å². The van der Waals surface area contributed by atoms with Gasteiger partial charge in [0.1, 0.15) is 41.4 Å². The molecule has 0 aliphatic carbocycles. The van der Waals surface area contributed by atoms with E-state index in [-0.39, 0.29) is 35.1 Å². The van der Waals surface area contributed by atoms with Gasteiger partial charge in [-0.25, -0.2) is 23.6 Å². The van der Waals surface area contributed by atoms with E-state index < -0.39 is 23.0 Å². The Morgan fingerprint density at radius 1 is 1.06 bits per heavy atom. The van der Waals surface area contributed by atoms with Crippen molar-refractivity contribution in [2.45, 2.75) is 6.61 Å². The van der Waals surface area contributed by atoms with Crippen LogP contribution in [0.15, 0.2) is 76.6 Å². The molecule has 10 heteroatoms. The van der Waals surface area contributed by atoms with Crippen LogP contribution in [0.2, 0.25) is 0 Å². The van der Waals surface area contributed by atoms with Crippen molar-refractivity contribution < 1.29 is 17.9 Å². The average Bonchev–Trinajstić information content (AvgIpc) is 2.86. The fourth-order valence-electron chi connectivity index (χ4n) is 3.15. The van der Waals surface area contributed by atoms with Gasteiger partial charge in [0.15, 0.2) is 0 Å². The van der Waals surface area contributed by atoms with Gasteiger partial charge in [0.25, 0.3) is 5.56 Å². The Kier molecular flexibility index (Phi) is 6.88. The summed E-state index contributed by atoms with van der Waals surface area (Å²) in [6.45, 7) is -0.341. The summed E-state index contributed by atoms with van der Waals surface area (Å²) in [7, 11) is 0. The first-order chi connectivity index (χ1) is 16.9. The third-order valence-corrected chi connectivity index (χ3v) is 4.82. The minimum Gasteiger partial charge on any atom is -0.488 e. The molecule has 4 rings (SSSR count). The van der Waals surface area contributed by atoms with Crippen LogP contribution in [0, 0.1) is 28.8 Å². The molecular formula is C25H16F3N5O2. The molecule has 3 aromatic carbocycles. The molecule has 7 nitrogen and oxygen atoms in total. The Morgan fingerprint density at radius 3 is 2.57 bits per heavy atom. The number of rotatable bonds is 7. The molecule has 0 saturated heterocycles. The van der Waals surface area contributed by atoms with Crippen molar-refractivity contribution in [3.05, 3.63) is 111 Å². The van der Waals surface area contributed by atoms with Crippen LogP contribution in [0.25, 0.3) is 11.3 Å². The Bertz CT molecular complexity index is 1500. The van der Waals surface area contributed by atoms with Gasteiger partial charge in [-0.05, 0) is 30.3 Å². The highest BCUT2D eigenvalue weighted by Crippen LogP contribution is 2.22. The van der Waals surface area contributed by atoms with E-state index in [4.69, 9.17) is 4.74 Å². The maximum absolute atomic E-state index is 13.9. The molecule has 0 fully saturated rings. The predicted molar refractivity (Wildman–Crippen MR) is 123 cm³/mol. The van der Waals surface area contributed by atoms with Gasteiger partial charge in [0.2, 0.25) is 5.95 Å². The molecule has 4 aromatic rings.